The lowest BCUT2D eigenvalue weighted by Crippen LogP contribution is -2.38. The molecule has 0 saturated heterocycles. The zero-order chi connectivity index (χ0) is 29.4. The Kier molecular flexibility index (Phi) is 22.8. The van der Waals surface area contributed by atoms with E-state index in [1.807, 2.05) is 64.1 Å². The molecular formula is C32H56N4O2S2. The Morgan fingerprint density at radius 2 is 1.35 bits per heavy atom. The standard InChI is InChI=1S/C15H24N2OS.C10H11NS.C5H13NO.2CH4/c1-11(2)12-7-5-6-8-13(12)17-14(19)16-9-15(3,4)10-18;1-8(2)9-5-3-4-6-10(9)11-7-12;1-5(2,3-6)4-7;;/h5-8,11,18H,9-10H2,1-4H3,(H2,16,17,19);3-6,8H,1-2H3;7H,3-4,6H2,1-2H3;2*1H4. The minimum Gasteiger partial charge on any atom is -0.396 e. The molecule has 0 heterocycles. The number of benzene rings is 2. The highest BCUT2D eigenvalue weighted by atomic mass is 32.1. The summed E-state index contributed by atoms with van der Waals surface area (Å²) in [6.07, 6.45) is 0. The second-order valence-corrected chi connectivity index (χ2v) is 11.9. The number of rotatable bonds is 9. The van der Waals surface area contributed by atoms with E-state index in [0.29, 0.717) is 30.0 Å². The summed E-state index contributed by atoms with van der Waals surface area (Å²) in [5.41, 5.74) is 9.43. The van der Waals surface area contributed by atoms with E-state index in [-0.39, 0.29) is 38.9 Å². The minimum absolute atomic E-state index is 0. The van der Waals surface area contributed by atoms with Gasteiger partial charge in [-0.05, 0) is 66.1 Å². The lowest BCUT2D eigenvalue weighted by Gasteiger charge is -2.23. The predicted molar refractivity (Wildman–Crippen MR) is 184 cm³/mol. The Morgan fingerprint density at radius 3 is 1.77 bits per heavy atom. The normalized spacial score (nSPS) is 10.4. The summed E-state index contributed by atoms with van der Waals surface area (Å²) in [7, 11) is 0. The Bertz CT molecular complexity index is 1010. The van der Waals surface area contributed by atoms with Crippen molar-refractivity contribution in [2.45, 2.75) is 82.1 Å². The monoisotopic (exact) mass is 592 g/mol. The van der Waals surface area contributed by atoms with E-state index in [1.165, 1.54) is 11.1 Å². The molecule has 0 unspecified atom stereocenters. The first-order valence-corrected chi connectivity index (χ1v) is 13.8. The van der Waals surface area contributed by atoms with Crippen LogP contribution >= 0.6 is 24.4 Å². The maximum Gasteiger partial charge on any atom is 0.170 e. The molecule has 6 N–H and O–H groups in total. The van der Waals surface area contributed by atoms with Gasteiger partial charge in [-0.2, -0.15) is 4.99 Å². The van der Waals surface area contributed by atoms with Crippen LogP contribution in [0.25, 0.3) is 0 Å². The third-order valence-corrected chi connectivity index (χ3v) is 6.03. The number of nitrogens with two attached hydrogens (primary N) is 1. The Balaban J connectivity index is -0.000000561. The van der Waals surface area contributed by atoms with E-state index in [2.05, 4.69) is 72.8 Å². The molecule has 0 bridgehead atoms. The van der Waals surface area contributed by atoms with Crippen molar-refractivity contribution < 1.29 is 10.2 Å². The van der Waals surface area contributed by atoms with Crippen LogP contribution < -0.4 is 16.4 Å². The van der Waals surface area contributed by atoms with Crippen LogP contribution in [0.5, 0.6) is 0 Å². The van der Waals surface area contributed by atoms with Crippen LogP contribution in [0, 0.1) is 10.8 Å². The first kappa shape index (κ1) is 42.3. The van der Waals surface area contributed by atoms with Crippen LogP contribution in [0.4, 0.5) is 11.4 Å². The molecule has 2 aromatic carbocycles. The molecule has 0 fully saturated rings. The number of nitrogens with zero attached hydrogens (tertiary/aromatic N) is 1. The summed E-state index contributed by atoms with van der Waals surface area (Å²) in [6, 6.07) is 16.1. The van der Waals surface area contributed by atoms with Gasteiger partial charge in [0.15, 0.2) is 5.11 Å². The minimum atomic E-state index is -0.177. The topological polar surface area (TPSA) is 103 Å². The molecule has 0 aliphatic rings. The van der Waals surface area contributed by atoms with Crippen LogP contribution in [0.15, 0.2) is 53.5 Å². The molecule has 228 valence electrons. The molecule has 0 saturated carbocycles. The van der Waals surface area contributed by atoms with Gasteiger partial charge in [0.05, 0.1) is 10.8 Å². The first-order chi connectivity index (χ1) is 17.7. The number of hydrogen-bond donors (Lipinski definition) is 5. The number of anilines is 1. The molecule has 2 rings (SSSR count). The molecule has 0 spiro atoms. The molecular weight excluding hydrogens is 537 g/mol. The van der Waals surface area contributed by atoms with Crippen molar-refractivity contribution >= 4 is 46.1 Å². The summed E-state index contributed by atoms with van der Waals surface area (Å²) >= 11 is 9.86. The number of aliphatic hydroxyl groups is 2. The van der Waals surface area contributed by atoms with Crippen LogP contribution in [0.1, 0.15) is 93.2 Å². The van der Waals surface area contributed by atoms with Crippen molar-refractivity contribution in [3.8, 4) is 0 Å². The van der Waals surface area contributed by atoms with E-state index in [0.717, 1.165) is 11.4 Å². The number of thiocarbonyl (C=S) groups is 2. The highest BCUT2D eigenvalue weighted by Gasteiger charge is 2.17. The van der Waals surface area contributed by atoms with Crippen LogP contribution in [0.2, 0.25) is 0 Å². The van der Waals surface area contributed by atoms with Gasteiger partial charge in [-0.15, -0.1) is 0 Å². The van der Waals surface area contributed by atoms with Gasteiger partial charge in [0.2, 0.25) is 0 Å². The van der Waals surface area contributed by atoms with E-state index in [9.17, 15) is 5.11 Å². The van der Waals surface area contributed by atoms with Crippen LogP contribution in [0.3, 0.4) is 0 Å². The highest BCUT2D eigenvalue weighted by Crippen LogP contribution is 2.25. The van der Waals surface area contributed by atoms with Gasteiger partial charge >= 0.3 is 0 Å². The first-order valence-electron chi connectivity index (χ1n) is 13.0. The Labute approximate surface area is 255 Å². The van der Waals surface area contributed by atoms with Gasteiger partial charge in [-0.25, -0.2) is 0 Å². The van der Waals surface area contributed by atoms with E-state index < -0.39 is 0 Å². The molecule has 0 atom stereocenters. The van der Waals surface area contributed by atoms with Crippen molar-refractivity contribution in [1.29, 1.82) is 0 Å². The molecule has 0 aromatic heterocycles. The lowest BCUT2D eigenvalue weighted by molar-refractivity contribution is 0.162. The summed E-state index contributed by atoms with van der Waals surface area (Å²) in [5.74, 6) is 0.925. The average molecular weight is 593 g/mol. The van der Waals surface area contributed by atoms with Crippen molar-refractivity contribution in [3.05, 3.63) is 59.7 Å². The Hall–Kier alpha value is -2.19. The van der Waals surface area contributed by atoms with Crippen molar-refractivity contribution in [1.82, 2.24) is 5.32 Å². The van der Waals surface area contributed by atoms with Crippen molar-refractivity contribution in [2.24, 2.45) is 21.6 Å². The molecule has 6 nitrogen and oxygen atoms in total. The number of aliphatic imine (C=N–C) groups is 1. The third-order valence-electron chi connectivity index (χ3n) is 5.69. The van der Waals surface area contributed by atoms with E-state index in [4.69, 9.17) is 23.1 Å². The summed E-state index contributed by atoms with van der Waals surface area (Å²) in [6.45, 7) is 17.9. The molecule has 40 heavy (non-hydrogen) atoms. The van der Waals surface area contributed by atoms with Gasteiger partial charge in [-0.1, -0.05) is 107 Å². The smallest absolute Gasteiger partial charge is 0.170 e. The SMILES string of the molecule is C.C.CC(C)(CN)CO.CC(C)c1ccccc1N=C=S.CC(C)c1ccccc1NC(=S)NCC(C)(C)CO. The molecule has 2 aromatic rings. The fraction of sp³-hybridized carbons (Fsp3) is 0.562. The quantitative estimate of drug-likeness (QED) is 0.149. The van der Waals surface area contributed by atoms with Crippen molar-refractivity contribution in [2.75, 3.05) is 31.6 Å². The summed E-state index contributed by atoms with van der Waals surface area (Å²) in [4.78, 5) is 3.99. The zero-order valence-corrected chi connectivity index (χ0v) is 26.0. The second-order valence-electron chi connectivity index (χ2n) is 11.3. The highest BCUT2D eigenvalue weighted by molar-refractivity contribution is 7.80. The van der Waals surface area contributed by atoms with Gasteiger partial charge in [0.1, 0.15) is 0 Å². The lowest BCUT2D eigenvalue weighted by atomic mass is 9.95. The molecule has 0 amide bonds. The summed E-state index contributed by atoms with van der Waals surface area (Å²) in [5, 5.41) is 27.1. The van der Waals surface area contributed by atoms with Gasteiger partial charge in [-0.3, -0.25) is 0 Å². The summed E-state index contributed by atoms with van der Waals surface area (Å²) < 4.78 is 0. The van der Waals surface area contributed by atoms with Gasteiger partial charge in [0.25, 0.3) is 0 Å². The fourth-order valence-corrected chi connectivity index (χ4v) is 3.13. The van der Waals surface area contributed by atoms with Crippen molar-refractivity contribution in [3.63, 3.8) is 0 Å². The number of aliphatic hydroxyl groups excluding tert-OH is 2. The second kappa shape index (κ2) is 21.5. The number of hydrogen-bond acceptors (Lipinski definition) is 6. The Morgan fingerprint density at radius 1 is 0.875 bits per heavy atom. The fourth-order valence-electron chi connectivity index (χ4n) is 2.85. The van der Waals surface area contributed by atoms with E-state index in [1.54, 1.807) is 0 Å². The van der Waals surface area contributed by atoms with Gasteiger partial charge in [0, 0.05) is 36.3 Å². The molecule has 8 heteroatoms. The van der Waals surface area contributed by atoms with Gasteiger partial charge < -0.3 is 26.6 Å². The van der Waals surface area contributed by atoms with E-state index >= 15 is 0 Å². The van der Waals surface area contributed by atoms with Crippen LogP contribution in [-0.4, -0.2) is 46.8 Å². The molecule has 0 aliphatic heterocycles. The average Bonchev–Trinajstić information content (AvgIpc) is 2.89. The number of nitrogens with one attached hydrogen (secondary N) is 2. The largest absolute Gasteiger partial charge is 0.396 e. The number of isothiocyanates is 1. The van der Waals surface area contributed by atoms with Crippen LogP contribution in [-0.2, 0) is 0 Å². The number of para-hydroxylation sites is 2. The molecule has 0 aliphatic carbocycles. The maximum absolute atomic E-state index is 9.21. The maximum atomic E-state index is 9.21. The molecule has 0 radical (unpaired) electrons. The predicted octanol–water partition coefficient (Wildman–Crippen LogP) is 7.90. The third kappa shape index (κ3) is 17.5. The zero-order valence-electron chi connectivity index (χ0n) is 24.3.